The summed E-state index contributed by atoms with van der Waals surface area (Å²) in [5.41, 5.74) is 1.12. The van der Waals surface area contributed by atoms with Crippen LogP contribution in [0, 0.1) is 25.2 Å². The molecule has 7 heteroatoms. The van der Waals surface area contributed by atoms with Crippen molar-refractivity contribution in [3.8, 4) is 6.07 Å². The molecule has 1 amide bonds. The Morgan fingerprint density at radius 1 is 1.47 bits per heavy atom. The number of carbonyl (C=O) groups excluding carboxylic acids is 1. The quantitative estimate of drug-likeness (QED) is 0.663. The fourth-order valence-corrected chi connectivity index (χ4v) is 2.06. The molecule has 19 heavy (non-hydrogen) atoms. The van der Waals surface area contributed by atoms with Crippen LogP contribution in [-0.2, 0) is 11.8 Å². The van der Waals surface area contributed by atoms with E-state index in [-0.39, 0.29) is 17.8 Å². The summed E-state index contributed by atoms with van der Waals surface area (Å²) in [5.74, 6) is -1.85. The molecule has 0 aliphatic rings. The van der Waals surface area contributed by atoms with Gasteiger partial charge in [0.1, 0.15) is 12.2 Å². The second-order valence-corrected chi connectivity index (χ2v) is 4.12. The van der Waals surface area contributed by atoms with Crippen molar-refractivity contribution in [3.05, 3.63) is 22.5 Å². The fraction of sp³-hybridized carbons (Fsp3) is 0.417. The van der Waals surface area contributed by atoms with Gasteiger partial charge in [0, 0.05) is 18.3 Å². The number of aromatic carboxylic acids is 1. The zero-order valence-corrected chi connectivity index (χ0v) is 10.9. The van der Waals surface area contributed by atoms with Crippen LogP contribution in [0.3, 0.4) is 0 Å². The third-order valence-electron chi connectivity index (χ3n) is 3.05. The van der Waals surface area contributed by atoms with E-state index in [1.807, 2.05) is 0 Å². The first kappa shape index (κ1) is 14.7. The second-order valence-electron chi connectivity index (χ2n) is 4.12. The van der Waals surface area contributed by atoms with Crippen LogP contribution in [0.2, 0.25) is 0 Å². The Labute approximate surface area is 110 Å². The lowest BCUT2D eigenvalue weighted by atomic mass is 10.0. The normalized spacial score (nSPS) is 11.7. The third-order valence-corrected chi connectivity index (χ3v) is 3.05. The minimum Gasteiger partial charge on any atom is -0.477 e. The van der Waals surface area contributed by atoms with E-state index in [0.717, 1.165) is 0 Å². The number of carboxylic acids is 1. The summed E-state index contributed by atoms with van der Waals surface area (Å²) in [6.07, 6.45) is -1.49. The molecule has 0 fully saturated rings. The molecule has 0 aromatic carbocycles. The van der Waals surface area contributed by atoms with E-state index in [0.29, 0.717) is 11.3 Å². The van der Waals surface area contributed by atoms with Crippen LogP contribution in [0.1, 0.15) is 33.4 Å². The summed E-state index contributed by atoms with van der Waals surface area (Å²) in [5, 5.41) is 29.7. The highest BCUT2D eigenvalue weighted by atomic mass is 16.4. The molecule has 1 rings (SSSR count). The van der Waals surface area contributed by atoms with Gasteiger partial charge in [-0.3, -0.25) is 4.79 Å². The molecule has 1 unspecified atom stereocenters. The van der Waals surface area contributed by atoms with Gasteiger partial charge in [-0.25, -0.2) is 4.79 Å². The summed E-state index contributed by atoms with van der Waals surface area (Å²) in [6, 6.07) is 1.73. The van der Waals surface area contributed by atoms with Gasteiger partial charge in [0.15, 0.2) is 6.10 Å². The first-order valence-electron chi connectivity index (χ1n) is 5.54. The number of nitriles is 1. The van der Waals surface area contributed by atoms with Gasteiger partial charge in [-0.05, 0) is 19.4 Å². The molecule has 0 saturated carbocycles. The highest BCUT2D eigenvalue weighted by molar-refractivity contribution is 5.90. The number of hydrogen-bond acceptors (Lipinski definition) is 4. The van der Waals surface area contributed by atoms with Gasteiger partial charge in [-0.2, -0.15) is 5.26 Å². The van der Waals surface area contributed by atoms with Crippen molar-refractivity contribution < 1.29 is 19.8 Å². The maximum atomic E-state index is 11.6. The lowest BCUT2D eigenvalue weighted by molar-refractivity contribution is -0.129. The van der Waals surface area contributed by atoms with E-state index in [9.17, 15) is 14.7 Å². The number of nitrogens with zero attached hydrogens (tertiary/aromatic N) is 2. The monoisotopic (exact) mass is 265 g/mol. The van der Waals surface area contributed by atoms with E-state index >= 15 is 0 Å². The van der Waals surface area contributed by atoms with Crippen LogP contribution in [0.15, 0.2) is 0 Å². The molecular weight excluding hydrogens is 250 g/mol. The van der Waals surface area contributed by atoms with Crippen molar-refractivity contribution in [2.45, 2.75) is 20.0 Å². The number of amides is 1. The van der Waals surface area contributed by atoms with Crippen molar-refractivity contribution in [2.75, 3.05) is 6.54 Å². The summed E-state index contributed by atoms with van der Waals surface area (Å²) >= 11 is 0. The average molecular weight is 265 g/mol. The highest BCUT2D eigenvalue weighted by Crippen LogP contribution is 2.27. The summed E-state index contributed by atoms with van der Waals surface area (Å²) in [7, 11) is 1.55. The summed E-state index contributed by atoms with van der Waals surface area (Å²) in [4.78, 5) is 22.8. The second kappa shape index (κ2) is 5.54. The van der Waals surface area contributed by atoms with Crippen molar-refractivity contribution in [3.63, 3.8) is 0 Å². The molecule has 102 valence electrons. The van der Waals surface area contributed by atoms with E-state index < -0.39 is 18.0 Å². The lowest BCUT2D eigenvalue weighted by Gasteiger charge is -2.11. The van der Waals surface area contributed by atoms with Gasteiger partial charge in [0.05, 0.1) is 6.07 Å². The Bertz CT molecular complexity index is 569. The van der Waals surface area contributed by atoms with Crippen molar-refractivity contribution in [2.24, 2.45) is 7.05 Å². The van der Waals surface area contributed by atoms with Gasteiger partial charge in [-0.1, -0.05) is 0 Å². The van der Waals surface area contributed by atoms with Gasteiger partial charge in [0.2, 0.25) is 0 Å². The number of nitrogens with one attached hydrogen (secondary N) is 1. The van der Waals surface area contributed by atoms with Crippen LogP contribution in [0.4, 0.5) is 0 Å². The molecular formula is C12H15N3O4. The number of carboxylic acid groups (broad SMARTS) is 1. The number of aromatic nitrogens is 1. The maximum absolute atomic E-state index is 11.6. The largest absolute Gasteiger partial charge is 0.477 e. The predicted molar refractivity (Wildman–Crippen MR) is 65.4 cm³/mol. The molecule has 3 N–H and O–H groups in total. The van der Waals surface area contributed by atoms with Gasteiger partial charge in [-0.15, -0.1) is 0 Å². The van der Waals surface area contributed by atoms with Crippen LogP contribution < -0.4 is 5.32 Å². The van der Waals surface area contributed by atoms with E-state index in [4.69, 9.17) is 10.4 Å². The molecule has 0 aliphatic heterocycles. The predicted octanol–water partition coefficient (Wildman–Crippen LogP) is 0.0133. The average Bonchev–Trinajstić information content (AvgIpc) is 2.56. The third kappa shape index (κ3) is 2.58. The van der Waals surface area contributed by atoms with E-state index in [1.54, 1.807) is 20.0 Å². The molecule has 1 aromatic heterocycles. The SMILES string of the molecule is Cc1c(C(O)C(=O)NCC#N)c(C)n(C)c1C(=O)O. The molecule has 0 bridgehead atoms. The van der Waals surface area contributed by atoms with Crippen LogP contribution in [-0.4, -0.2) is 33.2 Å². The van der Waals surface area contributed by atoms with Crippen molar-refractivity contribution >= 4 is 11.9 Å². The zero-order chi connectivity index (χ0) is 14.7. The fourth-order valence-electron chi connectivity index (χ4n) is 2.06. The molecule has 1 aromatic rings. The van der Waals surface area contributed by atoms with Crippen LogP contribution >= 0.6 is 0 Å². The minimum absolute atomic E-state index is 0.0274. The van der Waals surface area contributed by atoms with Gasteiger partial charge in [0.25, 0.3) is 5.91 Å². The molecule has 7 nitrogen and oxygen atoms in total. The van der Waals surface area contributed by atoms with Crippen molar-refractivity contribution in [1.82, 2.24) is 9.88 Å². The molecule has 1 atom stereocenters. The number of rotatable bonds is 4. The Balaban J connectivity index is 3.22. The van der Waals surface area contributed by atoms with Crippen molar-refractivity contribution in [1.29, 1.82) is 5.26 Å². The summed E-state index contributed by atoms with van der Waals surface area (Å²) < 4.78 is 1.41. The molecule has 1 heterocycles. The Morgan fingerprint density at radius 3 is 2.47 bits per heavy atom. The summed E-state index contributed by atoms with van der Waals surface area (Å²) in [6.45, 7) is 2.94. The number of aliphatic hydroxyl groups excluding tert-OH is 1. The molecule has 0 aliphatic carbocycles. The highest BCUT2D eigenvalue weighted by Gasteiger charge is 2.28. The number of hydrogen-bond donors (Lipinski definition) is 3. The van der Waals surface area contributed by atoms with Gasteiger partial charge >= 0.3 is 5.97 Å². The molecule has 0 spiro atoms. The standard InChI is InChI=1S/C12H15N3O4/c1-6-8(10(16)11(17)14-5-4-13)7(2)15(3)9(6)12(18)19/h10,16H,5H2,1-3H3,(H,14,17)(H,18,19). The van der Waals surface area contributed by atoms with Gasteiger partial charge < -0.3 is 20.1 Å². The number of aliphatic hydroxyl groups is 1. The Kier molecular flexibility index (Phi) is 4.30. The molecule has 0 radical (unpaired) electrons. The number of carbonyl (C=O) groups is 2. The smallest absolute Gasteiger partial charge is 0.352 e. The minimum atomic E-state index is -1.49. The van der Waals surface area contributed by atoms with Crippen LogP contribution in [0.25, 0.3) is 0 Å². The zero-order valence-electron chi connectivity index (χ0n) is 10.9. The lowest BCUT2D eigenvalue weighted by Crippen LogP contribution is -2.30. The Hall–Kier alpha value is -2.33. The molecule has 0 saturated heterocycles. The van der Waals surface area contributed by atoms with Crippen LogP contribution in [0.5, 0.6) is 0 Å². The van der Waals surface area contributed by atoms with E-state index in [2.05, 4.69) is 5.32 Å². The first-order valence-corrected chi connectivity index (χ1v) is 5.54. The topological polar surface area (TPSA) is 115 Å². The first-order chi connectivity index (χ1) is 8.82. The maximum Gasteiger partial charge on any atom is 0.352 e. The van der Waals surface area contributed by atoms with E-state index in [1.165, 1.54) is 11.5 Å². The Morgan fingerprint density at radius 2 is 2.05 bits per heavy atom.